The third kappa shape index (κ3) is 7.88. The van der Waals surface area contributed by atoms with Gasteiger partial charge in [-0.15, -0.1) is 0 Å². The molecule has 0 aromatic heterocycles. The third-order valence-corrected chi connectivity index (χ3v) is 9.21. The number of aliphatic hydroxyl groups is 1. The van der Waals surface area contributed by atoms with Gasteiger partial charge in [0.1, 0.15) is 13.6 Å². The van der Waals surface area contributed by atoms with E-state index in [0.29, 0.717) is 31.3 Å². The van der Waals surface area contributed by atoms with Gasteiger partial charge in [-0.25, -0.2) is 0 Å². The van der Waals surface area contributed by atoms with Crippen molar-refractivity contribution in [2.75, 3.05) is 27.8 Å². The summed E-state index contributed by atoms with van der Waals surface area (Å²) in [7, 11) is 3.33. The van der Waals surface area contributed by atoms with Gasteiger partial charge in [0.25, 0.3) is 0 Å². The second-order valence-electron chi connectivity index (χ2n) is 12.3. The molecule has 6 atom stereocenters. The molecule has 3 fully saturated rings. The van der Waals surface area contributed by atoms with Crippen LogP contribution in [0.4, 0.5) is 0 Å². The van der Waals surface area contributed by atoms with E-state index >= 15 is 0 Å². The SMILES string of the molecule is COCO[C@@H]1C/C(=C/C=C2\CCC[C@]3(C)[C@@H]([C@H](C)CCCC(C)(C)OCOC)CC[C@@H]23)C[C@@H](O)C1. The van der Waals surface area contributed by atoms with Crippen LogP contribution in [-0.4, -0.2) is 50.7 Å². The van der Waals surface area contributed by atoms with Crippen LogP contribution in [0.5, 0.6) is 0 Å². The zero-order valence-electron chi connectivity index (χ0n) is 23.3. The molecule has 35 heavy (non-hydrogen) atoms. The van der Waals surface area contributed by atoms with Gasteiger partial charge in [0.2, 0.25) is 0 Å². The van der Waals surface area contributed by atoms with E-state index < -0.39 is 0 Å². The van der Waals surface area contributed by atoms with E-state index in [1.165, 1.54) is 50.5 Å². The fourth-order valence-electron chi connectivity index (χ4n) is 7.36. The van der Waals surface area contributed by atoms with Crippen LogP contribution >= 0.6 is 0 Å². The van der Waals surface area contributed by atoms with Crippen LogP contribution in [-0.2, 0) is 18.9 Å². The number of hydrogen-bond donors (Lipinski definition) is 1. The molecular weight excluding hydrogens is 440 g/mol. The lowest BCUT2D eigenvalue weighted by molar-refractivity contribution is -0.118. The maximum atomic E-state index is 10.3. The minimum absolute atomic E-state index is 0.0570. The van der Waals surface area contributed by atoms with Gasteiger partial charge >= 0.3 is 0 Å². The van der Waals surface area contributed by atoms with Crippen LogP contribution in [0.15, 0.2) is 23.3 Å². The molecule has 0 unspecified atom stereocenters. The Labute approximate surface area is 214 Å². The quantitative estimate of drug-likeness (QED) is 0.304. The summed E-state index contributed by atoms with van der Waals surface area (Å²) < 4.78 is 21.8. The Morgan fingerprint density at radius 1 is 1.11 bits per heavy atom. The molecule has 0 bridgehead atoms. The molecule has 0 amide bonds. The summed E-state index contributed by atoms with van der Waals surface area (Å²) in [4.78, 5) is 0. The monoisotopic (exact) mass is 492 g/mol. The van der Waals surface area contributed by atoms with Crippen molar-refractivity contribution in [1.82, 2.24) is 0 Å². The van der Waals surface area contributed by atoms with E-state index in [9.17, 15) is 5.11 Å². The van der Waals surface area contributed by atoms with E-state index in [-0.39, 0.29) is 17.8 Å². The van der Waals surface area contributed by atoms with Gasteiger partial charge < -0.3 is 24.1 Å². The summed E-state index contributed by atoms with van der Waals surface area (Å²) in [6.07, 6.45) is 17.0. The maximum absolute atomic E-state index is 10.3. The van der Waals surface area contributed by atoms with Gasteiger partial charge in [-0.2, -0.15) is 0 Å². The molecule has 0 aromatic rings. The average Bonchev–Trinajstić information content (AvgIpc) is 3.17. The summed E-state index contributed by atoms with van der Waals surface area (Å²) in [5.74, 6) is 2.25. The van der Waals surface area contributed by atoms with Crippen LogP contribution in [0, 0.1) is 23.2 Å². The highest BCUT2D eigenvalue weighted by atomic mass is 16.7. The Hall–Kier alpha value is -0.720. The zero-order chi connectivity index (χ0) is 25.5. The maximum Gasteiger partial charge on any atom is 0.147 e. The van der Waals surface area contributed by atoms with Crippen LogP contribution in [0.25, 0.3) is 0 Å². The van der Waals surface area contributed by atoms with Crippen LogP contribution in [0.1, 0.15) is 98.3 Å². The topological polar surface area (TPSA) is 57.2 Å². The first-order valence-electron chi connectivity index (χ1n) is 14.0. The van der Waals surface area contributed by atoms with Gasteiger partial charge in [-0.05, 0) is 88.4 Å². The number of aliphatic hydroxyl groups excluding tert-OH is 1. The second-order valence-corrected chi connectivity index (χ2v) is 12.3. The van der Waals surface area contributed by atoms with Crippen molar-refractivity contribution < 1.29 is 24.1 Å². The zero-order valence-corrected chi connectivity index (χ0v) is 23.3. The molecule has 3 aliphatic rings. The smallest absolute Gasteiger partial charge is 0.147 e. The first-order valence-corrected chi connectivity index (χ1v) is 14.0. The van der Waals surface area contributed by atoms with Crippen molar-refractivity contribution in [1.29, 1.82) is 0 Å². The van der Waals surface area contributed by atoms with Crippen molar-refractivity contribution in [3.63, 3.8) is 0 Å². The first-order chi connectivity index (χ1) is 16.7. The van der Waals surface area contributed by atoms with Crippen molar-refractivity contribution in [3.05, 3.63) is 23.3 Å². The van der Waals surface area contributed by atoms with Gasteiger partial charge in [-0.3, -0.25) is 0 Å². The lowest BCUT2D eigenvalue weighted by Gasteiger charge is -2.44. The number of hydrogen-bond acceptors (Lipinski definition) is 5. The molecule has 3 aliphatic carbocycles. The Morgan fingerprint density at radius 3 is 2.63 bits per heavy atom. The van der Waals surface area contributed by atoms with E-state index in [1.54, 1.807) is 19.8 Å². The van der Waals surface area contributed by atoms with E-state index in [4.69, 9.17) is 18.9 Å². The predicted octanol–water partition coefficient (Wildman–Crippen LogP) is 6.80. The highest BCUT2D eigenvalue weighted by Gasteiger charge is 2.50. The number of rotatable bonds is 12. The van der Waals surface area contributed by atoms with Gasteiger partial charge in [-0.1, -0.05) is 50.0 Å². The molecule has 0 aromatic carbocycles. The fourth-order valence-corrected chi connectivity index (χ4v) is 7.36. The molecule has 3 saturated carbocycles. The van der Waals surface area contributed by atoms with E-state index in [0.717, 1.165) is 31.1 Å². The van der Waals surface area contributed by atoms with E-state index in [2.05, 4.69) is 39.8 Å². The molecule has 0 heterocycles. The largest absolute Gasteiger partial charge is 0.393 e. The summed E-state index contributed by atoms with van der Waals surface area (Å²) in [6, 6.07) is 0. The minimum Gasteiger partial charge on any atom is -0.393 e. The Morgan fingerprint density at radius 2 is 1.89 bits per heavy atom. The summed E-state index contributed by atoms with van der Waals surface area (Å²) in [6.45, 7) is 10.1. The summed E-state index contributed by atoms with van der Waals surface area (Å²) in [5.41, 5.74) is 3.25. The van der Waals surface area contributed by atoms with Crippen LogP contribution in [0.3, 0.4) is 0 Å². The van der Waals surface area contributed by atoms with E-state index in [1.807, 2.05) is 0 Å². The van der Waals surface area contributed by atoms with Gasteiger partial charge in [0.05, 0.1) is 17.8 Å². The lowest BCUT2D eigenvalue weighted by Crippen LogP contribution is -2.36. The van der Waals surface area contributed by atoms with Crippen molar-refractivity contribution in [2.45, 2.75) is 116 Å². The molecule has 5 nitrogen and oxygen atoms in total. The molecular formula is C30H52O5. The molecule has 0 radical (unpaired) electrons. The first kappa shape index (κ1) is 28.8. The highest BCUT2D eigenvalue weighted by molar-refractivity contribution is 5.26. The molecule has 0 saturated heterocycles. The molecule has 1 N–H and O–H groups in total. The number of ether oxygens (including phenoxy) is 4. The standard InChI is InChI=1S/C30H52O5/c1-22(9-7-15-29(2,3)35-21-33-6)27-13-14-28-24(10-8-16-30(27,28)4)12-11-23-17-25(31)19-26(18-23)34-20-32-5/h11-12,22,25-28,31H,7-10,13-21H2,1-6H3/b23-11+,24-12+/t22-,25-,26-,27-,28+,30-/m1/s1. The Bertz CT molecular complexity index is 714. The highest BCUT2D eigenvalue weighted by Crippen LogP contribution is 2.60. The average molecular weight is 493 g/mol. The summed E-state index contributed by atoms with van der Waals surface area (Å²) >= 11 is 0. The molecule has 5 heteroatoms. The Kier molecular flexibility index (Phi) is 10.9. The fraction of sp³-hybridized carbons (Fsp3) is 0.867. The minimum atomic E-state index is -0.312. The second kappa shape index (κ2) is 13.2. The normalized spacial score (nSPS) is 34.9. The van der Waals surface area contributed by atoms with Crippen molar-refractivity contribution >= 4 is 0 Å². The number of methoxy groups -OCH3 is 2. The van der Waals surface area contributed by atoms with Crippen molar-refractivity contribution in [2.24, 2.45) is 23.2 Å². The summed E-state index contributed by atoms with van der Waals surface area (Å²) in [5, 5.41) is 10.3. The number of allylic oxidation sites excluding steroid dienone is 3. The third-order valence-electron chi connectivity index (χ3n) is 9.21. The molecule has 0 aliphatic heterocycles. The molecule has 3 rings (SSSR count). The Balaban J connectivity index is 1.60. The number of fused-ring (bicyclic) bond motifs is 1. The van der Waals surface area contributed by atoms with Gasteiger partial charge in [0, 0.05) is 20.6 Å². The van der Waals surface area contributed by atoms with Gasteiger partial charge in [0.15, 0.2) is 0 Å². The molecule has 0 spiro atoms. The molecule has 202 valence electrons. The lowest BCUT2D eigenvalue weighted by atomic mass is 9.60. The van der Waals surface area contributed by atoms with Crippen LogP contribution < -0.4 is 0 Å². The van der Waals surface area contributed by atoms with Crippen molar-refractivity contribution in [3.8, 4) is 0 Å². The predicted molar refractivity (Wildman–Crippen MR) is 141 cm³/mol. The van der Waals surface area contributed by atoms with Crippen LogP contribution in [0.2, 0.25) is 0 Å².